The van der Waals surface area contributed by atoms with Gasteiger partial charge < -0.3 is 0 Å². The summed E-state index contributed by atoms with van der Waals surface area (Å²) in [6.45, 7) is 8.93. The SMILES string of the molecule is CCCCCCCCC(CCCCCCCC)N1C(=O)c2c(Br)sc(Br)c2C1=O.CCCCCCCCC(CCCCCCCC)N1C(=O)c2csc(Br)c2C1=O. The first-order valence-corrected chi connectivity index (χ1v) is 26.7. The van der Waals surface area contributed by atoms with E-state index >= 15 is 0 Å². The van der Waals surface area contributed by atoms with Gasteiger partial charge in [0, 0.05) is 17.5 Å². The van der Waals surface area contributed by atoms with Gasteiger partial charge in [-0.1, -0.05) is 182 Å². The Balaban J connectivity index is 0.000000306. The summed E-state index contributed by atoms with van der Waals surface area (Å²) in [7, 11) is 0. The van der Waals surface area contributed by atoms with Gasteiger partial charge in [0.05, 0.1) is 33.6 Å². The van der Waals surface area contributed by atoms with Crippen molar-refractivity contribution >= 4 is 94.1 Å². The number of hydrogen-bond acceptors (Lipinski definition) is 6. The smallest absolute Gasteiger partial charge is 0.263 e. The van der Waals surface area contributed by atoms with Gasteiger partial charge in [0.2, 0.25) is 0 Å². The van der Waals surface area contributed by atoms with Crippen LogP contribution in [0.1, 0.15) is 249 Å². The predicted molar refractivity (Wildman–Crippen MR) is 252 cm³/mol. The molecule has 0 spiro atoms. The highest BCUT2D eigenvalue weighted by Crippen LogP contribution is 2.43. The van der Waals surface area contributed by atoms with Gasteiger partial charge in [-0.15, -0.1) is 22.7 Å². The number of hydrogen-bond donors (Lipinski definition) is 0. The van der Waals surface area contributed by atoms with Crippen molar-refractivity contribution in [1.82, 2.24) is 9.80 Å². The molecule has 2 aromatic rings. The number of imide groups is 2. The standard InChI is InChI=1S/C23H35Br2NO2S.C23H36BrNO2S/c1-3-5-7-9-11-13-15-17(16-14-12-10-8-6-4-2)26-22(27)18-19(23(26)28)21(25)29-20(18)24;1-3-5-7-9-11-13-15-18(16-14-12-10-8-6-4-2)25-22(26)19-17-28-21(24)20(19)23(25)27/h17H,3-16H2,1-2H3;17-18H,3-16H2,1-2H3. The molecule has 2 aromatic heterocycles. The summed E-state index contributed by atoms with van der Waals surface area (Å²) in [5, 5.41) is 1.83. The van der Waals surface area contributed by atoms with E-state index in [-0.39, 0.29) is 35.7 Å². The average molecular weight is 1020 g/mol. The lowest BCUT2D eigenvalue weighted by molar-refractivity contribution is 0.0546. The Labute approximate surface area is 378 Å². The second-order valence-corrected chi connectivity index (χ2v) is 22.0. The van der Waals surface area contributed by atoms with Crippen LogP contribution in [0.4, 0.5) is 0 Å². The van der Waals surface area contributed by atoms with E-state index in [2.05, 4.69) is 75.5 Å². The van der Waals surface area contributed by atoms with E-state index in [0.717, 1.165) is 62.7 Å². The lowest BCUT2D eigenvalue weighted by Crippen LogP contribution is -2.40. The van der Waals surface area contributed by atoms with Crippen LogP contribution in [-0.2, 0) is 0 Å². The Hall–Kier alpha value is -0.880. The van der Waals surface area contributed by atoms with Crippen LogP contribution in [0.3, 0.4) is 0 Å². The molecule has 4 heterocycles. The van der Waals surface area contributed by atoms with Crippen molar-refractivity contribution in [3.63, 3.8) is 0 Å². The molecule has 0 radical (unpaired) electrons. The van der Waals surface area contributed by atoms with Gasteiger partial charge in [-0.05, 0) is 73.5 Å². The molecule has 57 heavy (non-hydrogen) atoms. The molecule has 11 heteroatoms. The zero-order valence-corrected chi connectivity index (χ0v) is 41.9. The normalized spacial score (nSPS) is 13.8. The van der Waals surface area contributed by atoms with Crippen molar-refractivity contribution in [2.45, 2.75) is 220 Å². The Bertz CT molecular complexity index is 1460. The Morgan fingerprint density at radius 1 is 0.421 bits per heavy atom. The Morgan fingerprint density at radius 2 is 0.719 bits per heavy atom. The third kappa shape index (κ3) is 15.5. The van der Waals surface area contributed by atoms with Gasteiger partial charge in [0.15, 0.2) is 0 Å². The van der Waals surface area contributed by atoms with Crippen LogP contribution in [0.15, 0.2) is 16.7 Å². The highest BCUT2D eigenvalue weighted by atomic mass is 79.9. The molecule has 0 saturated carbocycles. The lowest BCUT2D eigenvalue weighted by atomic mass is 9.98. The third-order valence-electron chi connectivity index (χ3n) is 11.6. The van der Waals surface area contributed by atoms with Crippen molar-refractivity contribution in [3.8, 4) is 0 Å². The molecule has 0 N–H and O–H groups in total. The summed E-state index contributed by atoms with van der Waals surface area (Å²) in [6, 6.07) is 0.0881. The molecule has 0 aliphatic carbocycles. The van der Waals surface area contributed by atoms with E-state index in [0.29, 0.717) is 22.3 Å². The fraction of sp³-hybridized carbons (Fsp3) is 0.739. The maximum Gasteiger partial charge on any atom is 0.263 e. The Kier molecular flexibility index (Phi) is 25.3. The second-order valence-electron chi connectivity index (χ2n) is 16.2. The van der Waals surface area contributed by atoms with Crippen LogP contribution in [0.2, 0.25) is 0 Å². The van der Waals surface area contributed by atoms with E-state index in [1.165, 1.54) is 151 Å². The van der Waals surface area contributed by atoms with Gasteiger partial charge in [-0.3, -0.25) is 29.0 Å². The zero-order chi connectivity index (χ0) is 41.6. The topological polar surface area (TPSA) is 74.8 Å². The molecule has 322 valence electrons. The minimum Gasteiger partial charge on any atom is -0.271 e. The number of nitrogens with zero attached hydrogens (tertiary/aromatic N) is 2. The molecule has 0 unspecified atom stereocenters. The fourth-order valence-electron chi connectivity index (χ4n) is 8.24. The molecular formula is C46H71Br3N2O4S2. The Morgan fingerprint density at radius 3 is 1.05 bits per heavy atom. The molecule has 0 saturated heterocycles. The summed E-state index contributed by atoms with van der Waals surface area (Å²) >= 11 is 13.3. The first-order chi connectivity index (χ1) is 27.6. The molecular weight excluding hydrogens is 948 g/mol. The summed E-state index contributed by atoms with van der Waals surface area (Å²) in [6.07, 6.45) is 33.4. The van der Waals surface area contributed by atoms with Crippen LogP contribution in [-0.4, -0.2) is 45.5 Å². The predicted octanol–water partition coefficient (Wildman–Crippen LogP) is 16.7. The molecule has 0 fully saturated rings. The number of carbonyl (C=O) groups excluding carboxylic acids is 4. The maximum atomic E-state index is 13.1. The largest absolute Gasteiger partial charge is 0.271 e. The molecule has 6 nitrogen and oxygen atoms in total. The van der Waals surface area contributed by atoms with Crippen molar-refractivity contribution in [2.24, 2.45) is 0 Å². The second kappa shape index (κ2) is 28.6. The molecule has 4 rings (SSSR count). The third-order valence-corrected chi connectivity index (χ3v) is 15.9. The molecule has 4 amide bonds. The summed E-state index contributed by atoms with van der Waals surface area (Å²) in [5.41, 5.74) is 2.30. The minimum absolute atomic E-state index is 0.0311. The van der Waals surface area contributed by atoms with Crippen molar-refractivity contribution in [3.05, 3.63) is 39.0 Å². The van der Waals surface area contributed by atoms with Gasteiger partial charge in [-0.25, -0.2) is 0 Å². The van der Waals surface area contributed by atoms with Gasteiger partial charge >= 0.3 is 0 Å². The monoisotopic (exact) mass is 1020 g/mol. The number of carbonyl (C=O) groups is 4. The van der Waals surface area contributed by atoms with Gasteiger partial charge in [0.1, 0.15) is 0 Å². The first-order valence-electron chi connectivity index (χ1n) is 22.6. The number of amides is 4. The van der Waals surface area contributed by atoms with Crippen molar-refractivity contribution < 1.29 is 19.2 Å². The summed E-state index contributed by atoms with van der Waals surface area (Å²) < 4.78 is 2.32. The van der Waals surface area contributed by atoms with Crippen LogP contribution >= 0.6 is 70.5 Å². The van der Waals surface area contributed by atoms with E-state index in [9.17, 15) is 19.2 Å². The van der Waals surface area contributed by atoms with E-state index in [1.807, 2.05) is 5.38 Å². The van der Waals surface area contributed by atoms with E-state index in [4.69, 9.17) is 0 Å². The molecule has 0 aromatic carbocycles. The number of thiophene rings is 2. The van der Waals surface area contributed by atoms with Crippen LogP contribution in [0.5, 0.6) is 0 Å². The molecule has 2 aliphatic heterocycles. The number of unbranched alkanes of at least 4 members (excludes halogenated alkanes) is 20. The van der Waals surface area contributed by atoms with Crippen molar-refractivity contribution in [1.29, 1.82) is 0 Å². The number of fused-ring (bicyclic) bond motifs is 2. The van der Waals surface area contributed by atoms with Crippen molar-refractivity contribution in [2.75, 3.05) is 0 Å². The summed E-state index contributed by atoms with van der Waals surface area (Å²) in [5.74, 6) is -0.388. The fourth-order valence-corrected chi connectivity index (χ4v) is 12.8. The van der Waals surface area contributed by atoms with Crippen LogP contribution in [0.25, 0.3) is 0 Å². The average Bonchev–Trinajstić information content (AvgIpc) is 3.88. The van der Waals surface area contributed by atoms with E-state index in [1.54, 1.807) is 9.80 Å². The first kappa shape index (κ1) is 50.5. The quantitative estimate of drug-likeness (QED) is 0.0577. The number of halogens is 3. The molecule has 2 aliphatic rings. The van der Waals surface area contributed by atoms with E-state index < -0.39 is 0 Å². The highest BCUT2D eigenvalue weighted by Gasteiger charge is 2.44. The minimum atomic E-state index is -0.110. The highest BCUT2D eigenvalue weighted by molar-refractivity contribution is 9.12. The summed E-state index contributed by atoms with van der Waals surface area (Å²) in [4.78, 5) is 55.2. The van der Waals surface area contributed by atoms with Crippen LogP contribution in [0, 0.1) is 0 Å². The zero-order valence-electron chi connectivity index (χ0n) is 35.5. The number of rotatable bonds is 30. The van der Waals surface area contributed by atoms with Crippen LogP contribution < -0.4 is 0 Å². The van der Waals surface area contributed by atoms with Gasteiger partial charge in [-0.2, -0.15) is 0 Å². The molecule has 0 bridgehead atoms. The lowest BCUT2D eigenvalue weighted by Gasteiger charge is -2.27. The van der Waals surface area contributed by atoms with Gasteiger partial charge in [0.25, 0.3) is 23.6 Å². The maximum absolute atomic E-state index is 13.1. The molecule has 0 atom stereocenters.